The van der Waals surface area contributed by atoms with Crippen LogP contribution in [0, 0.1) is 30.0 Å². The van der Waals surface area contributed by atoms with Crippen molar-refractivity contribution in [3.05, 3.63) is 83.4 Å². The van der Waals surface area contributed by atoms with Crippen LogP contribution in [-0.2, 0) is 22.8 Å². The van der Waals surface area contributed by atoms with E-state index in [-0.39, 0.29) is 29.7 Å². The van der Waals surface area contributed by atoms with Gasteiger partial charge in [0.1, 0.15) is 11.6 Å². The molecule has 2 aliphatic carbocycles. The fourth-order valence-electron chi connectivity index (χ4n) is 7.12. The quantitative estimate of drug-likeness (QED) is 0.121. The molecule has 262 valence electrons. The SMILES string of the molecule is Cc1nc2cc(SN(C)c3ccc(C4CC(OC[C@]5(CCO)CC5C)CC(C(=O)Nc5ccc(C(F)(F)F)cc5F)C4)cc3)ccc2n1C. The maximum absolute atomic E-state index is 14.7. The normalized spacial score (nSPS) is 23.9. The van der Waals surface area contributed by atoms with Crippen molar-refractivity contribution in [2.24, 2.45) is 24.3 Å². The molecule has 2 saturated carbocycles. The van der Waals surface area contributed by atoms with E-state index in [2.05, 4.69) is 56.4 Å². The summed E-state index contributed by atoms with van der Waals surface area (Å²) in [5.41, 5.74) is 2.61. The summed E-state index contributed by atoms with van der Waals surface area (Å²) in [6.07, 6.45) is -1.72. The molecule has 2 N–H and O–H groups in total. The smallest absolute Gasteiger partial charge is 0.396 e. The van der Waals surface area contributed by atoms with Gasteiger partial charge in [0.2, 0.25) is 5.91 Å². The molecule has 49 heavy (non-hydrogen) atoms. The van der Waals surface area contributed by atoms with Gasteiger partial charge in [-0.05, 0) is 122 Å². The van der Waals surface area contributed by atoms with Crippen molar-refractivity contribution in [3.8, 4) is 0 Å². The molecule has 2 aliphatic rings. The van der Waals surface area contributed by atoms with Crippen molar-refractivity contribution >= 4 is 40.3 Å². The van der Waals surface area contributed by atoms with Gasteiger partial charge in [-0.3, -0.25) is 4.79 Å². The zero-order valence-corrected chi connectivity index (χ0v) is 28.9. The molecule has 2 fully saturated rings. The van der Waals surface area contributed by atoms with Crippen LogP contribution in [0.5, 0.6) is 0 Å². The number of amides is 1. The van der Waals surface area contributed by atoms with E-state index in [1.807, 2.05) is 33.2 Å². The van der Waals surface area contributed by atoms with Crippen LogP contribution >= 0.6 is 11.9 Å². The number of carbonyl (C=O) groups excluding carboxylic acids is 1. The number of nitrogens with one attached hydrogen (secondary N) is 1. The van der Waals surface area contributed by atoms with Crippen LogP contribution in [0.25, 0.3) is 11.0 Å². The number of hydrogen-bond donors (Lipinski definition) is 2. The van der Waals surface area contributed by atoms with Crippen LogP contribution < -0.4 is 9.62 Å². The van der Waals surface area contributed by atoms with Crippen molar-refractivity contribution in [2.45, 2.75) is 69.0 Å². The van der Waals surface area contributed by atoms with E-state index in [4.69, 9.17) is 4.74 Å². The number of hydrogen-bond acceptors (Lipinski definition) is 6. The number of ether oxygens (including phenoxy) is 1. The largest absolute Gasteiger partial charge is 0.416 e. The number of carbonyl (C=O) groups is 1. The molecular weight excluding hydrogens is 656 g/mol. The van der Waals surface area contributed by atoms with Gasteiger partial charge in [-0.15, -0.1) is 0 Å². The van der Waals surface area contributed by atoms with Crippen LogP contribution in [0.4, 0.5) is 28.9 Å². The van der Waals surface area contributed by atoms with Gasteiger partial charge in [-0.25, -0.2) is 9.37 Å². The highest BCUT2D eigenvalue weighted by Crippen LogP contribution is 2.55. The molecule has 1 amide bonds. The molecular formula is C37H42F4N4O3S. The maximum atomic E-state index is 14.7. The summed E-state index contributed by atoms with van der Waals surface area (Å²) in [4.78, 5) is 19.2. The summed E-state index contributed by atoms with van der Waals surface area (Å²) in [6.45, 7) is 4.70. The van der Waals surface area contributed by atoms with Crippen LogP contribution in [-0.4, -0.2) is 46.9 Å². The molecule has 12 heteroatoms. The van der Waals surface area contributed by atoms with Crippen molar-refractivity contribution in [1.29, 1.82) is 0 Å². The van der Waals surface area contributed by atoms with Gasteiger partial charge >= 0.3 is 6.18 Å². The number of imidazole rings is 1. The average molecular weight is 699 g/mol. The zero-order chi connectivity index (χ0) is 35.1. The Balaban J connectivity index is 1.16. The fraction of sp³-hybridized carbons (Fsp3) is 0.459. The lowest BCUT2D eigenvalue weighted by molar-refractivity contribution is -0.137. The Bertz CT molecular complexity index is 1810. The highest BCUT2D eigenvalue weighted by molar-refractivity contribution is 8.00. The van der Waals surface area contributed by atoms with Crippen molar-refractivity contribution in [3.63, 3.8) is 0 Å². The number of alkyl halides is 3. The minimum absolute atomic E-state index is 0.0285. The number of benzene rings is 3. The van der Waals surface area contributed by atoms with E-state index in [0.717, 1.165) is 51.6 Å². The van der Waals surface area contributed by atoms with Gasteiger partial charge in [0.15, 0.2) is 0 Å². The van der Waals surface area contributed by atoms with Gasteiger partial charge in [0, 0.05) is 37.2 Å². The van der Waals surface area contributed by atoms with Gasteiger partial charge in [-0.2, -0.15) is 13.2 Å². The Labute approximate surface area is 288 Å². The number of halogens is 4. The molecule has 6 rings (SSSR count). The topological polar surface area (TPSA) is 79.6 Å². The van der Waals surface area contributed by atoms with Crippen LogP contribution in [0.2, 0.25) is 0 Å². The zero-order valence-electron chi connectivity index (χ0n) is 28.1. The molecule has 5 atom stereocenters. The third kappa shape index (κ3) is 7.76. The molecule has 4 aromatic rings. The monoisotopic (exact) mass is 698 g/mol. The number of fused-ring (bicyclic) bond motifs is 1. The summed E-state index contributed by atoms with van der Waals surface area (Å²) in [5, 5.41) is 12.2. The van der Waals surface area contributed by atoms with Gasteiger partial charge in [0.05, 0.1) is 35.0 Å². The highest BCUT2D eigenvalue weighted by Gasteiger charge is 2.51. The lowest BCUT2D eigenvalue weighted by Gasteiger charge is -2.35. The van der Waals surface area contributed by atoms with Crippen molar-refractivity contribution in [2.75, 3.05) is 29.9 Å². The second kappa shape index (κ2) is 14.0. The third-order valence-electron chi connectivity index (χ3n) is 10.4. The molecule has 1 heterocycles. The van der Waals surface area contributed by atoms with Gasteiger partial charge < -0.3 is 24.0 Å². The van der Waals surface area contributed by atoms with E-state index < -0.39 is 29.4 Å². The first-order chi connectivity index (χ1) is 23.3. The van der Waals surface area contributed by atoms with E-state index in [0.29, 0.717) is 44.3 Å². The third-order valence-corrected chi connectivity index (χ3v) is 11.4. The number of aliphatic hydroxyl groups excluding tert-OH is 1. The molecule has 0 aliphatic heterocycles. The first-order valence-electron chi connectivity index (χ1n) is 16.6. The van der Waals surface area contributed by atoms with Crippen LogP contribution in [0.3, 0.4) is 0 Å². The lowest BCUT2D eigenvalue weighted by atomic mass is 9.76. The van der Waals surface area contributed by atoms with E-state index in [9.17, 15) is 27.5 Å². The molecule has 1 aromatic heterocycles. The number of aliphatic hydroxyl groups is 1. The first-order valence-corrected chi connectivity index (χ1v) is 17.4. The Morgan fingerprint density at radius 1 is 1.12 bits per heavy atom. The lowest BCUT2D eigenvalue weighted by Crippen LogP contribution is -2.36. The summed E-state index contributed by atoms with van der Waals surface area (Å²) >= 11 is 1.60. The summed E-state index contributed by atoms with van der Waals surface area (Å²) in [7, 11) is 4.00. The highest BCUT2D eigenvalue weighted by atomic mass is 32.2. The summed E-state index contributed by atoms with van der Waals surface area (Å²) in [5.74, 6) is -0.759. The number of anilines is 2. The average Bonchev–Trinajstić information content (AvgIpc) is 3.61. The predicted molar refractivity (Wildman–Crippen MR) is 184 cm³/mol. The fourth-order valence-corrected chi connectivity index (χ4v) is 7.96. The Morgan fingerprint density at radius 2 is 1.86 bits per heavy atom. The van der Waals surface area contributed by atoms with Crippen LogP contribution in [0.15, 0.2) is 65.6 Å². The minimum Gasteiger partial charge on any atom is -0.396 e. The van der Waals surface area contributed by atoms with Crippen molar-refractivity contribution < 1.29 is 32.2 Å². The standard InChI is InChI=1S/C37H42F4N4O3S/c1-22-20-36(22,13-14-46)21-48-29-16-25(15-26(17-29)35(47)43-32-11-7-27(18-31(32)38)37(39,40)41)24-5-8-28(9-6-24)45(4)49-30-10-12-34-33(19-30)42-23(2)44(34)3/h5-12,18-19,22,25-26,29,46H,13-17,20-21H2,1-4H3,(H,43,47)/t22?,25?,26?,29?,36-/m0/s1. The molecule has 0 radical (unpaired) electrons. The number of rotatable bonds is 11. The first kappa shape index (κ1) is 35.2. The van der Waals surface area contributed by atoms with Gasteiger partial charge in [0.25, 0.3) is 0 Å². The minimum atomic E-state index is -4.69. The number of aromatic nitrogens is 2. The predicted octanol–water partition coefficient (Wildman–Crippen LogP) is 8.50. The van der Waals surface area contributed by atoms with E-state index in [1.54, 1.807) is 11.9 Å². The summed E-state index contributed by atoms with van der Waals surface area (Å²) in [6, 6.07) is 16.6. The van der Waals surface area contributed by atoms with Crippen LogP contribution in [0.1, 0.15) is 61.9 Å². The Hall–Kier alpha value is -3.61. The maximum Gasteiger partial charge on any atom is 0.416 e. The Kier molecular flexibility index (Phi) is 10.0. The van der Waals surface area contributed by atoms with Crippen molar-refractivity contribution in [1.82, 2.24) is 9.55 Å². The van der Waals surface area contributed by atoms with E-state index >= 15 is 0 Å². The summed E-state index contributed by atoms with van der Waals surface area (Å²) < 4.78 is 64.5. The number of nitrogens with zero attached hydrogens (tertiary/aromatic N) is 3. The molecule has 0 spiro atoms. The van der Waals surface area contributed by atoms with Gasteiger partial charge in [-0.1, -0.05) is 19.1 Å². The molecule has 4 unspecified atom stereocenters. The molecule has 0 saturated heterocycles. The second-order valence-electron chi connectivity index (χ2n) is 13.7. The molecule has 7 nitrogen and oxygen atoms in total. The number of aryl methyl sites for hydroxylation is 2. The second-order valence-corrected chi connectivity index (χ2v) is 14.9. The molecule has 3 aromatic carbocycles. The van der Waals surface area contributed by atoms with E-state index in [1.165, 1.54) is 0 Å². The Morgan fingerprint density at radius 3 is 2.51 bits per heavy atom. The molecule has 0 bridgehead atoms.